The van der Waals surface area contributed by atoms with Crippen LogP contribution < -0.4 is 5.32 Å². The van der Waals surface area contributed by atoms with E-state index >= 15 is 0 Å². The molecule has 20 heavy (non-hydrogen) atoms. The van der Waals surface area contributed by atoms with Gasteiger partial charge in [0.05, 0.1) is 11.1 Å². The topological polar surface area (TPSA) is 75.7 Å². The fourth-order valence-electron chi connectivity index (χ4n) is 2.46. The summed E-state index contributed by atoms with van der Waals surface area (Å²) in [6.07, 6.45) is 2.59. The van der Waals surface area contributed by atoms with Crippen LogP contribution in [0.2, 0.25) is 0 Å². The Morgan fingerprint density at radius 3 is 2.35 bits per heavy atom. The van der Waals surface area contributed by atoms with E-state index in [2.05, 4.69) is 5.32 Å². The summed E-state index contributed by atoms with van der Waals surface area (Å²) < 4.78 is 0. The minimum atomic E-state index is -0.588. The smallest absolute Gasteiger partial charge is 0.328 e. The minimum absolute atomic E-state index is 0.266. The van der Waals surface area contributed by atoms with E-state index < -0.39 is 23.8 Å². The van der Waals surface area contributed by atoms with Crippen molar-refractivity contribution in [2.24, 2.45) is 0 Å². The highest BCUT2D eigenvalue weighted by Gasteiger charge is 2.39. The largest absolute Gasteiger partial charge is 0.349 e. The fourth-order valence-corrected chi connectivity index (χ4v) is 2.46. The zero-order chi connectivity index (χ0) is 14.1. The molecule has 6 nitrogen and oxygen atoms in total. The maximum absolute atomic E-state index is 12.0. The van der Waals surface area contributed by atoms with E-state index in [0.717, 1.165) is 19.4 Å². The van der Waals surface area contributed by atoms with E-state index in [-0.39, 0.29) is 11.1 Å². The van der Waals surface area contributed by atoms with Crippen molar-refractivity contribution in [2.45, 2.75) is 25.3 Å². The second-order valence-corrected chi connectivity index (χ2v) is 4.86. The number of nitrogens with one attached hydrogen (secondary N) is 1. The Kier molecular flexibility index (Phi) is 3.23. The predicted molar refractivity (Wildman–Crippen MR) is 68.7 cm³/mol. The first-order valence-corrected chi connectivity index (χ1v) is 6.61. The number of carbonyl (C=O) groups excluding carboxylic acids is 3. The highest BCUT2D eigenvalue weighted by molar-refractivity contribution is 6.20. The van der Waals surface area contributed by atoms with Crippen LogP contribution in [0.1, 0.15) is 40.0 Å². The summed E-state index contributed by atoms with van der Waals surface area (Å²) >= 11 is 0. The lowest BCUT2D eigenvalue weighted by Gasteiger charge is -2.23. The van der Waals surface area contributed by atoms with E-state index in [4.69, 9.17) is 4.84 Å². The minimum Gasteiger partial charge on any atom is -0.328 e. The summed E-state index contributed by atoms with van der Waals surface area (Å²) in [5.41, 5.74) is 0.531. The van der Waals surface area contributed by atoms with Crippen LogP contribution in [0.5, 0.6) is 0 Å². The molecule has 2 heterocycles. The van der Waals surface area contributed by atoms with Gasteiger partial charge in [-0.2, -0.15) is 0 Å². The van der Waals surface area contributed by atoms with E-state index in [1.54, 1.807) is 24.3 Å². The molecule has 1 N–H and O–H groups in total. The number of rotatable bonds is 2. The van der Waals surface area contributed by atoms with Crippen LogP contribution in [-0.4, -0.2) is 35.4 Å². The van der Waals surface area contributed by atoms with E-state index in [1.165, 1.54) is 0 Å². The molecule has 0 bridgehead atoms. The third-order valence-electron chi connectivity index (χ3n) is 3.53. The summed E-state index contributed by atoms with van der Waals surface area (Å²) in [4.78, 5) is 41.0. The van der Waals surface area contributed by atoms with E-state index in [1.807, 2.05) is 0 Å². The molecule has 0 aromatic heterocycles. The molecule has 2 aliphatic rings. The zero-order valence-electron chi connectivity index (χ0n) is 10.8. The van der Waals surface area contributed by atoms with Crippen molar-refractivity contribution < 1.29 is 19.2 Å². The van der Waals surface area contributed by atoms with E-state index in [9.17, 15) is 14.4 Å². The van der Waals surface area contributed by atoms with Gasteiger partial charge < -0.3 is 10.2 Å². The fraction of sp³-hybridized carbons (Fsp3) is 0.357. The highest BCUT2D eigenvalue weighted by Crippen LogP contribution is 2.23. The molecule has 2 amide bonds. The van der Waals surface area contributed by atoms with Crippen LogP contribution in [0.25, 0.3) is 0 Å². The molecule has 1 atom stereocenters. The molecule has 1 aromatic rings. The van der Waals surface area contributed by atoms with Gasteiger partial charge >= 0.3 is 5.97 Å². The highest BCUT2D eigenvalue weighted by atomic mass is 16.7. The van der Waals surface area contributed by atoms with Crippen molar-refractivity contribution >= 4 is 17.8 Å². The Bertz CT molecular complexity index is 543. The van der Waals surface area contributed by atoms with Crippen LogP contribution in [0, 0.1) is 0 Å². The maximum Gasteiger partial charge on any atom is 0.349 e. The number of benzene rings is 1. The molecule has 1 saturated heterocycles. The van der Waals surface area contributed by atoms with Crippen LogP contribution in [0.3, 0.4) is 0 Å². The Morgan fingerprint density at radius 1 is 1.15 bits per heavy atom. The summed E-state index contributed by atoms with van der Waals surface area (Å²) in [5.74, 6) is -1.76. The number of amides is 2. The Hall–Kier alpha value is -2.21. The molecule has 0 saturated carbocycles. The number of hydrogen-bond acceptors (Lipinski definition) is 5. The van der Waals surface area contributed by atoms with Crippen LogP contribution in [-0.2, 0) is 9.63 Å². The zero-order valence-corrected chi connectivity index (χ0v) is 10.8. The number of nitrogens with zero attached hydrogens (tertiary/aromatic N) is 1. The lowest BCUT2D eigenvalue weighted by atomic mass is 10.1. The average Bonchev–Trinajstić information content (AvgIpc) is 2.74. The third kappa shape index (κ3) is 2.08. The number of piperidine rings is 1. The third-order valence-corrected chi connectivity index (χ3v) is 3.53. The van der Waals surface area contributed by atoms with Gasteiger partial charge in [-0.3, -0.25) is 9.59 Å². The molecule has 1 fully saturated rings. The van der Waals surface area contributed by atoms with Gasteiger partial charge in [0.25, 0.3) is 11.8 Å². The lowest BCUT2D eigenvalue weighted by Crippen LogP contribution is -2.45. The summed E-state index contributed by atoms with van der Waals surface area (Å²) in [7, 11) is 0. The molecule has 1 aromatic carbocycles. The molecule has 0 spiro atoms. The summed E-state index contributed by atoms with van der Waals surface area (Å²) in [6.45, 7) is 0.738. The first-order valence-electron chi connectivity index (χ1n) is 6.61. The quantitative estimate of drug-likeness (QED) is 0.810. The molecule has 104 valence electrons. The standard InChI is InChI=1S/C14H14N2O4/c17-12-9-5-1-2-6-10(9)13(18)16(12)20-14(19)11-7-3-4-8-15-11/h1-2,5-6,11,15H,3-4,7-8H2. The molecular weight excluding hydrogens is 260 g/mol. The first-order chi connectivity index (χ1) is 9.68. The molecule has 0 aliphatic carbocycles. The van der Waals surface area contributed by atoms with Gasteiger partial charge in [0.2, 0.25) is 0 Å². The van der Waals surface area contributed by atoms with Gasteiger partial charge in [-0.1, -0.05) is 23.6 Å². The van der Waals surface area contributed by atoms with Gasteiger partial charge in [-0.05, 0) is 31.5 Å². The average molecular weight is 274 g/mol. The molecule has 0 radical (unpaired) electrons. The predicted octanol–water partition coefficient (Wildman–Crippen LogP) is 0.883. The van der Waals surface area contributed by atoms with E-state index in [0.29, 0.717) is 11.5 Å². The molecule has 1 unspecified atom stereocenters. The van der Waals surface area contributed by atoms with Crippen molar-refractivity contribution in [3.8, 4) is 0 Å². The van der Waals surface area contributed by atoms with Crippen LogP contribution in [0.4, 0.5) is 0 Å². The number of carbonyl (C=O) groups is 3. The monoisotopic (exact) mass is 274 g/mol. The van der Waals surface area contributed by atoms with Crippen LogP contribution in [0.15, 0.2) is 24.3 Å². The Morgan fingerprint density at radius 2 is 1.80 bits per heavy atom. The molecule has 2 aliphatic heterocycles. The SMILES string of the molecule is O=C(ON1C(=O)c2ccccc2C1=O)C1CCCCN1. The van der Waals surface area contributed by atoms with Gasteiger partial charge in [0.1, 0.15) is 6.04 Å². The first kappa shape index (κ1) is 12.8. The second-order valence-electron chi connectivity index (χ2n) is 4.86. The molecule has 3 rings (SSSR count). The van der Waals surface area contributed by atoms with Crippen molar-refractivity contribution in [1.82, 2.24) is 10.4 Å². The Balaban J connectivity index is 1.74. The number of hydrogen-bond donors (Lipinski definition) is 1. The summed E-state index contributed by atoms with van der Waals surface area (Å²) in [6, 6.07) is 5.97. The number of hydroxylamine groups is 2. The molecule has 6 heteroatoms. The normalized spacial score (nSPS) is 21.8. The van der Waals surface area contributed by atoms with Gasteiger partial charge in [0, 0.05) is 0 Å². The van der Waals surface area contributed by atoms with Crippen molar-refractivity contribution in [3.63, 3.8) is 0 Å². The van der Waals surface area contributed by atoms with Gasteiger partial charge in [-0.25, -0.2) is 4.79 Å². The summed E-state index contributed by atoms with van der Waals surface area (Å²) in [5, 5.41) is 3.58. The number of fused-ring (bicyclic) bond motifs is 1. The molecular formula is C14H14N2O4. The maximum atomic E-state index is 12.0. The van der Waals surface area contributed by atoms with Gasteiger partial charge in [-0.15, -0.1) is 0 Å². The van der Waals surface area contributed by atoms with Crippen molar-refractivity contribution in [1.29, 1.82) is 0 Å². The Labute approximate surface area is 115 Å². The lowest BCUT2D eigenvalue weighted by molar-refractivity contribution is -0.171. The van der Waals surface area contributed by atoms with Crippen molar-refractivity contribution in [2.75, 3.05) is 6.54 Å². The van der Waals surface area contributed by atoms with Crippen LogP contribution >= 0.6 is 0 Å². The van der Waals surface area contributed by atoms with Crippen molar-refractivity contribution in [3.05, 3.63) is 35.4 Å². The second kappa shape index (κ2) is 5.05. The van der Waals surface area contributed by atoms with Gasteiger partial charge in [0.15, 0.2) is 0 Å². The number of imide groups is 1.